The monoisotopic (exact) mass is 489 g/mol. The van der Waals surface area contributed by atoms with Gasteiger partial charge in [0.05, 0.1) is 5.52 Å². The molecule has 37 heavy (non-hydrogen) atoms. The second-order valence-corrected chi connectivity index (χ2v) is 9.71. The van der Waals surface area contributed by atoms with Gasteiger partial charge in [0, 0.05) is 46.6 Å². The fourth-order valence-electron chi connectivity index (χ4n) is 4.96. The van der Waals surface area contributed by atoms with Gasteiger partial charge in [-0.15, -0.1) is 0 Å². The molecule has 9 nitrogen and oxygen atoms in total. The highest BCUT2D eigenvalue weighted by Gasteiger charge is 2.55. The van der Waals surface area contributed by atoms with Crippen LogP contribution in [0.5, 0.6) is 11.5 Å². The Hall–Kier alpha value is -4.79. The van der Waals surface area contributed by atoms with Crippen LogP contribution in [-0.4, -0.2) is 37.0 Å². The molecule has 1 saturated heterocycles. The first-order valence-electron chi connectivity index (χ1n) is 12.1. The summed E-state index contributed by atoms with van der Waals surface area (Å²) in [5, 5.41) is 8.37. The summed E-state index contributed by atoms with van der Waals surface area (Å²) in [6, 6.07) is 15.4. The van der Waals surface area contributed by atoms with Gasteiger partial charge in [0.25, 0.3) is 5.91 Å². The molecule has 5 aromatic rings. The summed E-state index contributed by atoms with van der Waals surface area (Å²) in [5.74, 6) is 2.11. The van der Waals surface area contributed by atoms with E-state index in [0.717, 1.165) is 57.7 Å². The maximum Gasteiger partial charge on any atom is 0.254 e. The lowest BCUT2D eigenvalue weighted by molar-refractivity contribution is -0.114. The van der Waals surface area contributed by atoms with Gasteiger partial charge in [-0.3, -0.25) is 4.79 Å². The molecule has 1 spiro atoms. The number of fused-ring (bicyclic) bond motifs is 2. The van der Waals surface area contributed by atoms with Crippen molar-refractivity contribution in [3.05, 3.63) is 85.1 Å². The topological polar surface area (TPSA) is 97.5 Å². The number of ether oxygens (including phenoxy) is 1. The highest BCUT2D eigenvalue weighted by atomic mass is 16.5. The standard InChI is InChI=1S/C28H23N7O2/c1-17-11-19(3-6-24(17)37-21-7-10-35-25(13-21)30-16-32-35)33-26-22-12-20(4-5-23(22)29-15-31-26)34-14-28(8-9-28)18(2)27(34)36/h3-7,10-13,15-16H,2,8-9,14H2,1H3,(H,29,31,33). The van der Waals surface area contributed by atoms with E-state index in [1.807, 2.05) is 66.6 Å². The average Bonchev–Trinajstić information content (AvgIpc) is 3.47. The third-order valence-electron chi connectivity index (χ3n) is 7.31. The van der Waals surface area contributed by atoms with Gasteiger partial charge in [-0.2, -0.15) is 5.10 Å². The Morgan fingerprint density at radius 2 is 1.92 bits per heavy atom. The summed E-state index contributed by atoms with van der Waals surface area (Å²) in [5.41, 5.74) is 4.89. The number of pyridine rings is 1. The van der Waals surface area contributed by atoms with E-state index in [0.29, 0.717) is 18.1 Å². The van der Waals surface area contributed by atoms with Gasteiger partial charge in [-0.1, -0.05) is 6.58 Å². The second-order valence-electron chi connectivity index (χ2n) is 9.71. The molecule has 0 unspecified atom stereocenters. The largest absolute Gasteiger partial charge is 0.457 e. The normalized spacial score (nSPS) is 16.2. The van der Waals surface area contributed by atoms with E-state index in [1.54, 1.807) is 4.52 Å². The van der Waals surface area contributed by atoms with E-state index < -0.39 is 0 Å². The molecule has 4 heterocycles. The lowest BCUT2D eigenvalue weighted by Crippen LogP contribution is -2.24. The van der Waals surface area contributed by atoms with Crippen LogP contribution in [0.3, 0.4) is 0 Å². The Morgan fingerprint density at radius 3 is 2.73 bits per heavy atom. The first kappa shape index (κ1) is 21.5. The molecule has 1 amide bonds. The number of rotatable bonds is 5. The number of nitrogens with one attached hydrogen (secondary N) is 1. The van der Waals surface area contributed by atoms with Crippen molar-refractivity contribution in [2.45, 2.75) is 19.8 Å². The Kier molecular flexibility index (Phi) is 4.56. The SMILES string of the molecule is C=C1C(=O)N(c2ccc3ncnc(Nc4ccc(Oc5ccn6ncnc6c5)c(C)c4)c3c2)CC12CC2. The lowest BCUT2D eigenvalue weighted by atomic mass is 10.0. The first-order chi connectivity index (χ1) is 18.0. The van der Waals surface area contributed by atoms with Crippen molar-refractivity contribution in [2.75, 3.05) is 16.8 Å². The average molecular weight is 490 g/mol. The fourth-order valence-corrected chi connectivity index (χ4v) is 4.96. The molecule has 1 N–H and O–H groups in total. The molecule has 9 heteroatoms. The van der Waals surface area contributed by atoms with Crippen molar-refractivity contribution in [2.24, 2.45) is 5.41 Å². The van der Waals surface area contributed by atoms with Gasteiger partial charge < -0.3 is 15.0 Å². The molecule has 2 aliphatic rings. The molecule has 2 aromatic carbocycles. The van der Waals surface area contributed by atoms with Gasteiger partial charge in [-0.25, -0.2) is 19.5 Å². The minimum Gasteiger partial charge on any atom is -0.457 e. The highest BCUT2D eigenvalue weighted by molar-refractivity contribution is 6.10. The van der Waals surface area contributed by atoms with Crippen LogP contribution in [0.15, 0.2) is 79.5 Å². The van der Waals surface area contributed by atoms with Crippen molar-refractivity contribution < 1.29 is 9.53 Å². The van der Waals surface area contributed by atoms with Gasteiger partial charge in [-0.05, 0) is 67.8 Å². The Labute approximate surface area is 212 Å². The molecule has 0 atom stereocenters. The highest BCUT2D eigenvalue weighted by Crippen LogP contribution is 2.56. The smallest absolute Gasteiger partial charge is 0.254 e. The summed E-state index contributed by atoms with van der Waals surface area (Å²) in [6.45, 7) is 6.75. The van der Waals surface area contributed by atoms with Crippen LogP contribution in [0.4, 0.5) is 17.2 Å². The summed E-state index contributed by atoms with van der Waals surface area (Å²) in [4.78, 5) is 27.8. The Balaban J connectivity index is 1.16. The number of hydrogen-bond donors (Lipinski definition) is 1. The Bertz CT molecular complexity index is 1740. The third kappa shape index (κ3) is 3.58. The van der Waals surface area contributed by atoms with Gasteiger partial charge >= 0.3 is 0 Å². The number of carbonyl (C=O) groups excluding carboxylic acids is 1. The molecule has 1 aliphatic heterocycles. The van der Waals surface area contributed by atoms with Crippen molar-refractivity contribution in [3.8, 4) is 11.5 Å². The summed E-state index contributed by atoms with van der Waals surface area (Å²) < 4.78 is 7.78. The number of nitrogens with zero attached hydrogens (tertiary/aromatic N) is 6. The lowest BCUT2D eigenvalue weighted by Gasteiger charge is -2.17. The number of aromatic nitrogens is 5. The third-order valence-corrected chi connectivity index (χ3v) is 7.31. The number of carbonyl (C=O) groups is 1. The maximum absolute atomic E-state index is 12.9. The van der Waals surface area contributed by atoms with E-state index in [-0.39, 0.29) is 11.3 Å². The molecular formula is C28H23N7O2. The molecule has 182 valence electrons. The second kappa shape index (κ2) is 7.86. The minimum absolute atomic E-state index is 0.0117. The van der Waals surface area contributed by atoms with E-state index in [2.05, 4.69) is 31.9 Å². The van der Waals surface area contributed by atoms with Crippen LogP contribution in [0, 0.1) is 12.3 Å². The predicted octanol–water partition coefficient (Wildman–Crippen LogP) is 5.20. The first-order valence-corrected chi connectivity index (χ1v) is 12.1. The zero-order valence-corrected chi connectivity index (χ0v) is 20.2. The van der Waals surface area contributed by atoms with Gasteiger partial charge in [0.15, 0.2) is 5.65 Å². The van der Waals surface area contributed by atoms with Crippen molar-refractivity contribution >= 4 is 39.6 Å². The van der Waals surface area contributed by atoms with Crippen LogP contribution < -0.4 is 15.0 Å². The number of amides is 1. The zero-order valence-electron chi connectivity index (χ0n) is 20.2. The van der Waals surface area contributed by atoms with Crippen LogP contribution >= 0.6 is 0 Å². The summed E-state index contributed by atoms with van der Waals surface area (Å²) in [6.07, 6.45) is 6.93. The molecule has 1 saturated carbocycles. The van der Waals surface area contributed by atoms with Crippen LogP contribution in [0.2, 0.25) is 0 Å². The minimum atomic E-state index is -0.0250. The molecule has 2 fully saturated rings. The van der Waals surface area contributed by atoms with E-state index >= 15 is 0 Å². The van der Waals surface area contributed by atoms with Crippen LogP contribution in [0.25, 0.3) is 16.6 Å². The van der Waals surface area contributed by atoms with Crippen molar-refractivity contribution in [3.63, 3.8) is 0 Å². The maximum atomic E-state index is 12.9. The zero-order chi connectivity index (χ0) is 25.1. The predicted molar refractivity (Wildman–Crippen MR) is 140 cm³/mol. The van der Waals surface area contributed by atoms with E-state index in [9.17, 15) is 4.79 Å². The number of aryl methyl sites for hydroxylation is 1. The van der Waals surface area contributed by atoms with Crippen LogP contribution in [0.1, 0.15) is 18.4 Å². The van der Waals surface area contributed by atoms with Gasteiger partial charge in [0.2, 0.25) is 0 Å². The molecule has 3 aromatic heterocycles. The summed E-state index contributed by atoms with van der Waals surface area (Å²) in [7, 11) is 0. The molecule has 7 rings (SSSR count). The van der Waals surface area contributed by atoms with Gasteiger partial charge in [0.1, 0.15) is 30.0 Å². The van der Waals surface area contributed by atoms with Crippen molar-refractivity contribution in [1.29, 1.82) is 0 Å². The number of benzene rings is 2. The number of anilines is 3. The molecular weight excluding hydrogens is 466 g/mol. The molecule has 0 radical (unpaired) electrons. The number of hydrogen-bond acceptors (Lipinski definition) is 7. The molecule has 0 bridgehead atoms. The summed E-state index contributed by atoms with van der Waals surface area (Å²) >= 11 is 0. The molecule has 1 aliphatic carbocycles. The Morgan fingerprint density at radius 1 is 1.03 bits per heavy atom. The fraction of sp³-hybridized carbons (Fsp3) is 0.179. The quantitative estimate of drug-likeness (QED) is 0.339. The van der Waals surface area contributed by atoms with Crippen LogP contribution in [-0.2, 0) is 4.79 Å². The van der Waals surface area contributed by atoms with E-state index in [4.69, 9.17) is 4.74 Å². The van der Waals surface area contributed by atoms with E-state index in [1.165, 1.54) is 12.7 Å². The van der Waals surface area contributed by atoms with Crippen molar-refractivity contribution in [1.82, 2.24) is 24.6 Å².